The van der Waals surface area contributed by atoms with Crippen molar-refractivity contribution in [1.82, 2.24) is 9.97 Å². The number of H-pyrrole nitrogens is 1. The third-order valence-electron chi connectivity index (χ3n) is 3.70. The van der Waals surface area contributed by atoms with E-state index in [1.807, 2.05) is 52.8 Å². The molecule has 0 bridgehead atoms. The van der Waals surface area contributed by atoms with E-state index in [0.29, 0.717) is 5.82 Å². The van der Waals surface area contributed by atoms with Gasteiger partial charge in [-0.15, -0.1) is 0 Å². The number of hydrogen-bond donors (Lipinski definition) is 2. The maximum absolute atomic E-state index is 12.0. The van der Waals surface area contributed by atoms with Gasteiger partial charge in [-0.25, -0.2) is 9.78 Å². The fraction of sp³-hybridized carbons (Fsp3) is 0.333. The van der Waals surface area contributed by atoms with Crippen LogP contribution in [0, 0.1) is 13.8 Å². The van der Waals surface area contributed by atoms with Crippen molar-refractivity contribution >= 4 is 33.7 Å². The highest BCUT2D eigenvalue weighted by Gasteiger charge is 2.19. The van der Waals surface area contributed by atoms with E-state index in [0.717, 1.165) is 33.1 Å². The highest BCUT2D eigenvalue weighted by Crippen LogP contribution is 2.32. The van der Waals surface area contributed by atoms with E-state index in [2.05, 4.69) is 21.4 Å². The molecule has 0 aliphatic rings. The molecular formula is C18H21N3O2. The fourth-order valence-corrected chi connectivity index (χ4v) is 2.75. The summed E-state index contributed by atoms with van der Waals surface area (Å²) < 4.78 is 5.31. The molecule has 1 aromatic carbocycles. The minimum Gasteiger partial charge on any atom is -0.444 e. The number of anilines is 1. The Morgan fingerprint density at radius 1 is 1.22 bits per heavy atom. The van der Waals surface area contributed by atoms with Crippen LogP contribution in [0.25, 0.3) is 21.8 Å². The lowest BCUT2D eigenvalue weighted by Gasteiger charge is -2.20. The SMILES string of the molecule is Cc1c(NC(=O)OC(C)(C)C)nc(C)c2c1[nH]c1ccccc12. The van der Waals surface area contributed by atoms with Gasteiger partial charge in [0.25, 0.3) is 0 Å². The lowest BCUT2D eigenvalue weighted by molar-refractivity contribution is 0.0635. The molecule has 5 nitrogen and oxygen atoms in total. The number of benzene rings is 1. The van der Waals surface area contributed by atoms with Gasteiger partial charge < -0.3 is 9.72 Å². The molecule has 23 heavy (non-hydrogen) atoms. The molecule has 2 N–H and O–H groups in total. The summed E-state index contributed by atoms with van der Waals surface area (Å²) in [5, 5.41) is 4.98. The van der Waals surface area contributed by atoms with Crippen molar-refractivity contribution in [2.45, 2.75) is 40.2 Å². The van der Waals surface area contributed by atoms with E-state index < -0.39 is 11.7 Å². The number of aromatic amines is 1. The van der Waals surface area contributed by atoms with E-state index in [9.17, 15) is 4.79 Å². The Labute approximate surface area is 135 Å². The number of ether oxygens (including phenoxy) is 1. The number of rotatable bonds is 1. The Morgan fingerprint density at radius 3 is 2.61 bits per heavy atom. The van der Waals surface area contributed by atoms with Gasteiger partial charge in [0.1, 0.15) is 11.4 Å². The molecule has 3 aromatic rings. The van der Waals surface area contributed by atoms with Crippen molar-refractivity contribution < 1.29 is 9.53 Å². The van der Waals surface area contributed by atoms with Gasteiger partial charge in [-0.3, -0.25) is 5.32 Å². The standard InChI is InChI=1S/C18H21N3O2/c1-10-15-14(12-8-6-7-9-13(12)20-15)11(2)19-16(10)21-17(22)23-18(3,4)5/h6-9,20H,1-5H3,(H,19,21,22). The summed E-state index contributed by atoms with van der Waals surface area (Å²) in [6.45, 7) is 9.39. The number of pyridine rings is 1. The molecule has 120 valence electrons. The first-order valence-electron chi connectivity index (χ1n) is 7.64. The molecule has 0 saturated carbocycles. The van der Waals surface area contributed by atoms with Crippen LogP contribution in [0.2, 0.25) is 0 Å². The molecule has 0 spiro atoms. The number of hydrogen-bond acceptors (Lipinski definition) is 3. The third-order valence-corrected chi connectivity index (χ3v) is 3.70. The van der Waals surface area contributed by atoms with E-state index in [1.165, 1.54) is 0 Å². The number of para-hydroxylation sites is 1. The molecule has 0 aliphatic heterocycles. The van der Waals surface area contributed by atoms with Crippen LogP contribution in [0.3, 0.4) is 0 Å². The van der Waals surface area contributed by atoms with Gasteiger partial charge in [-0.1, -0.05) is 18.2 Å². The molecule has 0 aliphatic carbocycles. The smallest absolute Gasteiger partial charge is 0.413 e. The van der Waals surface area contributed by atoms with E-state index in [4.69, 9.17) is 4.74 Å². The Bertz CT molecular complexity index is 904. The second-order valence-corrected chi connectivity index (χ2v) is 6.72. The summed E-state index contributed by atoms with van der Waals surface area (Å²) in [6.07, 6.45) is -0.497. The molecule has 2 aromatic heterocycles. The van der Waals surface area contributed by atoms with Crippen molar-refractivity contribution in [3.8, 4) is 0 Å². The molecule has 2 heterocycles. The van der Waals surface area contributed by atoms with Crippen molar-refractivity contribution in [3.63, 3.8) is 0 Å². The summed E-state index contributed by atoms with van der Waals surface area (Å²) in [4.78, 5) is 20.0. The predicted molar refractivity (Wildman–Crippen MR) is 92.9 cm³/mol. The number of carbonyl (C=O) groups is 1. The van der Waals surface area contributed by atoms with Crippen LogP contribution in [0.15, 0.2) is 24.3 Å². The van der Waals surface area contributed by atoms with E-state index in [1.54, 1.807) is 0 Å². The van der Waals surface area contributed by atoms with Gasteiger partial charge in [-0.2, -0.15) is 0 Å². The summed E-state index contributed by atoms with van der Waals surface area (Å²) in [5.41, 5.74) is 3.27. The largest absolute Gasteiger partial charge is 0.444 e. The lowest BCUT2D eigenvalue weighted by Crippen LogP contribution is -2.27. The highest BCUT2D eigenvalue weighted by molar-refractivity contribution is 6.10. The molecule has 0 atom stereocenters. The average Bonchev–Trinajstić information content (AvgIpc) is 2.82. The van der Waals surface area contributed by atoms with Gasteiger partial charge in [-0.05, 0) is 40.7 Å². The quantitative estimate of drug-likeness (QED) is 0.685. The van der Waals surface area contributed by atoms with Crippen LogP contribution < -0.4 is 5.32 Å². The number of fused-ring (bicyclic) bond motifs is 3. The molecule has 5 heteroatoms. The topological polar surface area (TPSA) is 67.0 Å². The number of nitrogens with zero attached hydrogens (tertiary/aromatic N) is 1. The number of aryl methyl sites for hydroxylation is 2. The van der Waals surface area contributed by atoms with Gasteiger partial charge in [0.05, 0.1) is 5.52 Å². The van der Waals surface area contributed by atoms with E-state index in [-0.39, 0.29) is 0 Å². The van der Waals surface area contributed by atoms with Crippen LogP contribution in [0.5, 0.6) is 0 Å². The van der Waals surface area contributed by atoms with Gasteiger partial charge in [0, 0.05) is 27.5 Å². The Kier molecular flexibility index (Phi) is 3.51. The van der Waals surface area contributed by atoms with Gasteiger partial charge in [0.2, 0.25) is 0 Å². The summed E-state index contributed by atoms with van der Waals surface area (Å²) in [7, 11) is 0. The van der Waals surface area contributed by atoms with E-state index >= 15 is 0 Å². The zero-order valence-electron chi connectivity index (χ0n) is 14.1. The first-order valence-corrected chi connectivity index (χ1v) is 7.64. The van der Waals surface area contributed by atoms with Crippen LogP contribution in [-0.2, 0) is 4.74 Å². The minimum atomic E-state index is -0.543. The molecule has 0 radical (unpaired) electrons. The van der Waals surface area contributed by atoms with Crippen molar-refractivity contribution in [2.75, 3.05) is 5.32 Å². The number of nitrogens with one attached hydrogen (secondary N) is 2. The summed E-state index contributed by atoms with van der Waals surface area (Å²) in [5.74, 6) is 0.524. The zero-order valence-corrected chi connectivity index (χ0v) is 14.1. The monoisotopic (exact) mass is 311 g/mol. The van der Waals surface area contributed by atoms with Crippen molar-refractivity contribution in [2.24, 2.45) is 0 Å². The Hall–Kier alpha value is -2.56. The maximum atomic E-state index is 12.0. The molecule has 0 fully saturated rings. The first-order chi connectivity index (χ1) is 10.8. The number of amides is 1. The molecule has 0 unspecified atom stereocenters. The maximum Gasteiger partial charge on any atom is 0.413 e. The number of aromatic nitrogens is 2. The lowest BCUT2D eigenvalue weighted by atomic mass is 10.1. The highest BCUT2D eigenvalue weighted by atomic mass is 16.6. The van der Waals surface area contributed by atoms with Gasteiger partial charge >= 0.3 is 6.09 Å². The normalized spacial score (nSPS) is 11.9. The van der Waals surface area contributed by atoms with Gasteiger partial charge in [0.15, 0.2) is 0 Å². The molecule has 3 rings (SSSR count). The van der Waals surface area contributed by atoms with Crippen molar-refractivity contribution in [3.05, 3.63) is 35.5 Å². The van der Waals surface area contributed by atoms with Crippen LogP contribution in [-0.4, -0.2) is 21.7 Å². The third kappa shape index (κ3) is 2.86. The summed E-state index contributed by atoms with van der Waals surface area (Å²) >= 11 is 0. The first kappa shape index (κ1) is 15.3. The zero-order chi connectivity index (χ0) is 16.8. The van der Waals surface area contributed by atoms with Crippen LogP contribution in [0.1, 0.15) is 32.0 Å². The molecule has 1 amide bonds. The van der Waals surface area contributed by atoms with Crippen LogP contribution in [0.4, 0.5) is 10.6 Å². The Morgan fingerprint density at radius 2 is 1.91 bits per heavy atom. The Balaban J connectivity index is 2.08. The number of carbonyl (C=O) groups excluding carboxylic acids is 1. The summed E-state index contributed by atoms with van der Waals surface area (Å²) in [6, 6.07) is 8.12. The molecule has 0 saturated heterocycles. The predicted octanol–water partition coefficient (Wildman–Crippen LogP) is 4.68. The second-order valence-electron chi connectivity index (χ2n) is 6.72. The minimum absolute atomic E-state index is 0.497. The average molecular weight is 311 g/mol. The van der Waals surface area contributed by atoms with Crippen LogP contribution >= 0.6 is 0 Å². The van der Waals surface area contributed by atoms with Crippen molar-refractivity contribution in [1.29, 1.82) is 0 Å². The molecular weight excluding hydrogens is 290 g/mol. The fourth-order valence-electron chi connectivity index (χ4n) is 2.75. The second kappa shape index (κ2) is 5.26.